The maximum atomic E-state index is 8.88. The lowest BCUT2D eigenvalue weighted by molar-refractivity contribution is 0.481. The van der Waals surface area contributed by atoms with E-state index in [2.05, 4.69) is 19.1 Å². The molecule has 0 heterocycles. The SMILES string of the molecule is CCc1cccc(Oc2ccc(C#N)c(C)c2)c1. The van der Waals surface area contributed by atoms with Gasteiger partial charge in [-0.05, 0) is 54.8 Å². The number of hydrogen-bond donors (Lipinski definition) is 0. The first kappa shape index (κ1) is 12.2. The number of benzene rings is 2. The predicted octanol–water partition coefficient (Wildman–Crippen LogP) is 4.22. The molecule has 0 spiro atoms. The van der Waals surface area contributed by atoms with E-state index in [9.17, 15) is 0 Å². The summed E-state index contributed by atoms with van der Waals surface area (Å²) < 4.78 is 5.79. The van der Waals surface area contributed by atoms with Crippen molar-refractivity contribution in [2.75, 3.05) is 0 Å². The summed E-state index contributed by atoms with van der Waals surface area (Å²) in [4.78, 5) is 0. The summed E-state index contributed by atoms with van der Waals surface area (Å²) in [6, 6.07) is 15.7. The average Bonchev–Trinajstić information content (AvgIpc) is 2.39. The Balaban J connectivity index is 2.23. The monoisotopic (exact) mass is 237 g/mol. The van der Waals surface area contributed by atoms with Crippen LogP contribution in [-0.4, -0.2) is 0 Å². The molecule has 0 aliphatic heterocycles. The number of nitriles is 1. The Morgan fingerprint density at radius 2 is 1.89 bits per heavy atom. The number of rotatable bonds is 3. The molecule has 0 aliphatic rings. The third-order valence-electron chi connectivity index (χ3n) is 2.86. The highest BCUT2D eigenvalue weighted by atomic mass is 16.5. The van der Waals surface area contributed by atoms with E-state index >= 15 is 0 Å². The molecule has 2 aromatic rings. The fourth-order valence-corrected chi connectivity index (χ4v) is 1.79. The van der Waals surface area contributed by atoms with E-state index in [1.165, 1.54) is 5.56 Å². The zero-order valence-electron chi connectivity index (χ0n) is 10.6. The molecule has 0 fully saturated rings. The maximum absolute atomic E-state index is 8.88. The second kappa shape index (κ2) is 5.37. The molecule has 90 valence electrons. The van der Waals surface area contributed by atoms with Gasteiger partial charge in [0.05, 0.1) is 11.6 Å². The van der Waals surface area contributed by atoms with Crippen molar-refractivity contribution in [1.82, 2.24) is 0 Å². The van der Waals surface area contributed by atoms with Gasteiger partial charge < -0.3 is 4.74 Å². The maximum Gasteiger partial charge on any atom is 0.127 e. The smallest absolute Gasteiger partial charge is 0.127 e. The van der Waals surface area contributed by atoms with Crippen LogP contribution in [0.4, 0.5) is 0 Å². The molecule has 2 aromatic carbocycles. The van der Waals surface area contributed by atoms with Crippen LogP contribution >= 0.6 is 0 Å². The first-order valence-electron chi connectivity index (χ1n) is 6.00. The first-order chi connectivity index (χ1) is 8.72. The average molecular weight is 237 g/mol. The predicted molar refractivity (Wildman–Crippen MR) is 71.8 cm³/mol. The topological polar surface area (TPSA) is 33.0 Å². The standard InChI is InChI=1S/C16H15NO/c1-3-13-5-4-6-15(10-13)18-16-8-7-14(11-17)12(2)9-16/h4-10H,3H2,1-2H3. The molecule has 0 atom stereocenters. The van der Waals surface area contributed by atoms with Crippen LogP contribution in [-0.2, 0) is 6.42 Å². The molecule has 2 rings (SSSR count). The van der Waals surface area contributed by atoms with Gasteiger partial charge in [-0.25, -0.2) is 0 Å². The van der Waals surface area contributed by atoms with Crippen LogP contribution in [0.2, 0.25) is 0 Å². The van der Waals surface area contributed by atoms with Gasteiger partial charge in [0.2, 0.25) is 0 Å². The fraction of sp³-hybridized carbons (Fsp3) is 0.188. The van der Waals surface area contributed by atoms with E-state index in [-0.39, 0.29) is 0 Å². The quantitative estimate of drug-likeness (QED) is 0.800. The van der Waals surface area contributed by atoms with E-state index in [4.69, 9.17) is 10.00 Å². The van der Waals surface area contributed by atoms with Gasteiger partial charge in [-0.3, -0.25) is 0 Å². The minimum atomic E-state index is 0.685. The molecule has 0 amide bonds. The van der Waals surface area contributed by atoms with Crippen LogP contribution in [0, 0.1) is 18.3 Å². The number of hydrogen-bond acceptors (Lipinski definition) is 2. The van der Waals surface area contributed by atoms with Crippen molar-refractivity contribution in [2.24, 2.45) is 0 Å². The van der Waals surface area contributed by atoms with Crippen molar-refractivity contribution in [2.45, 2.75) is 20.3 Å². The fourth-order valence-electron chi connectivity index (χ4n) is 1.79. The van der Waals surface area contributed by atoms with Crippen molar-refractivity contribution in [1.29, 1.82) is 5.26 Å². The van der Waals surface area contributed by atoms with Gasteiger partial charge in [0.1, 0.15) is 11.5 Å². The summed E-state index contributed by atoms with van der Waals surface area (Å²) in [6.07, 6.45) is 0.990. The van der Waals surface area contributed by atoms with Gasteiger partial charge in [0.25, 0.3) is 0 Å². The van der Waals surface area contributed by atoms with Crippen molar-refractivity contribution in [3.63, 3.8) is 0 Å². The lowest BCUT2D eigenvalue weighted by atomic mass is 10.1. The highest BCUT2D eigenvalue weighted by Gasteiger charge is 2.02. The summed E-state index contributed by atoms with van der Waals surface area (Å²) in [6.45, 7) is 4.03. The highest BCUT2D eigenvalue weighted by molar-refractivity contribution is 5.43. The lowest BCUT2D eigenvalue weighted by Gasteiger charge is -2.08. The molecule has 0 aromatic heterocycles. The van der Waals surface area contributed by atoms with Gasteiger partial charge in [0.15, 0.2) is 0 Å². The molecule has 0 aliphatic carbocycles. The molecule has 0 saturated carbocycles. The normalized spacial score (nSPS) is 9.83. The Bertz CT molecular complexity index is 596. The zero-order valence-corrected chi connectivity index (χ0v) is 10.6. The molecule has 18 heavy (non-hydrogen) atoms. The second-order valence-corrected chi connectivity index (χ2v) is 4.19. The minimum absolute atomic E-state index is 0.685. The first-order valence-corrected chi connectivity index (χ1v) is 6.00. The van der Waals surface area contributed by atoms with Gasteiger partial charge >= 0.3 is 0 Å². The van der Waals surface area contributed by atoms with E-state index in [0.29, 0.717) is 5.56 Å². The van der Waals surface area contributed by atoms with E-state index in [1.54, 1.807) is 6.07 Å². The van der Waals surface area contributed by atoms with Crippen LogP contribution in [0.1, 0.15) is 23.6 Å². The Morgan fingerprint density at radius 3 is 2.56 bits per heavy atom. The van der Waals surface area contributed by atoms with Gasteiger partial charge in [-0.2, -0.15) is 5.26 Å². The Kier molecular flexibility index (Phi) is 3.64. The molecule has 0 unspecified atom stereocenters. The van der Waals surface area contributed by atoms with E-state index < -0.39 is 0 Å². The summed E-state index contributed by atoms with van der Waals surface area (Å²) in [5, 5.41) is 8.88. The van der Waals surface area contributed by atoms with Gasteiger partial charge in [-0.15, -0.1) is 0 Å². The summed E-state index contributed by atoms with van der Waals surface area (Å²) >= 11 is 0. The Labute approximate surface area is 107 Å². The van der Waals surface area contributed by atoms with Crippen LogP contribution < -0.4 is 4.74 Å². The number of nitrogens with zero attached hydrogens (tertiary/aromatic N) is 1. The molecule has 0 N–H and O–H groups in total. The Morgan fingerprint density at radius 1 is 1.11 bits per heavy atom. The molecule has 0 radical (unpaired) electrons. The summed E-state index contributed by atoms with van der Waals surface area (Å²) in [7, 11) is 0. The molecule has 0 saturated heterocycles. The third-order valence-corrected chi connectivity index (χ3v) is 2.86. The van der Waals surface area contributed by atoms with Crippen molar-refractivity contribution >= 4 is 0 Å². The van der Waals surface area contributed by atoms with E-state index in [0.717, 1.165) is 23.5 Å². The summed E-state index contributed by atoms with van der Waals surface area (Å²) in [5.41, 5.74) is 2.86. The van der Waals surface area contributed by atoms with Gasteiger partial charge in [0, 0.05) is 0 Å². The van der Waals surface area contributed by atoms with Crippen LogP contribution in [0.25, 0.3) is 0 Å². The molecule has 0 bridgehead atoms. The Hall–Kier alpha value is -2.27. The second-order valence-electron chi connectivity index (χ2n) is 4.19. The molecule has 2 heteroatoms. The van der Waals surface area contributed by atoms with Crippen molar-refractivity contribution < 1.29 is 4.74 Å². The highest BCUT2D eigenvalue weighted by Crippen LogP contribution is 2.24. The molecular weight excluding hydrogens is 222 g/mol. The number of aryl methyl sites for hydroxylation is 2. The number of ether oxygens (including phenoxy) is 1. The summed E-state index contributed by atoms with van der Waals surface area (Å²) in [5.74, 6) is 1.60. The molecular formula is C16H15NO. The largest absolute Gasteiger partial charge is 0.457 e. The van der Waals surface area contributed by atoms with E-state index in [1.807, 2.05) is 37.3 Å². The third kappa shape index (κ3) is 2.70. The van der Waals surface area contributed by atoms with Crippen molar-refractivity contribution in [3.05, 3.63) is 59.2 Å². The van der Waals surface area contributed by atoms with Gasteiger partial charge in [-0.1, -0.05) is 19.1 Å². The van der Waals surface area contributed by atoms with Crippen LogP contribution in [0.15, 0.2) is 42.5 Å². The van der Waals surface area contributed by atoms with Crippen molar-refractivity contribution in [3.8, 4) is 17.6 Å². The zero-order chi connectivity index (χ0) is 13.0. The van der Waals surface area contributed by atoms with Crippen LogP contribution in [0.5, 0.6) is 11.5 Å². The lowest BCUT2D eigenvalue weighted by Crippen LogP contribution is -1.88. The van der Waals surface area contributed by atoms with Crippen LogP contribution in [0.3, 0.4) is 0 Å². The minimum Gasteiger partial charge on any atom is -0.457 e. The molecule has 2 nitrogen and oxygen atoms in total.